The Morgan fingerprint density at radius 1 is 1.47 bits per heavy atom. The van der Waals surface area contributed by atoms with E-state index in [1.54, 1.807) is 7.11 Å². The summed E-state index contributed by atoms with van der Waals surface area (Å²) in [7, 11) is 1.68. The summed E-state index contributed by atoms with van der Waals surface area (Å²) < 4.78 is 10.6. The fourth-order valence-electron chi connectivity index (χ4n) is 1.76. The smallest absolute Gasteiger partial charge is 0.129 e. The third kappa shape index (κ3) is 3.08. The Morgan fingerprint density at radius 3 is 2.87 bits per heavy atom. The van der Waals surface area contributed by atoms with Gasteiger partial charge in [-0.15, -0.1) is 0 Å². The first-order valence-corrected chi connectivity index (χ1v) is 5.59. The lowest BCUT2D eigenvalue weighted by Gasteiger charge is -2.10. The summed E-state index contributed by atoms with van der Waals surface area (Å²) in [6, 6.07) is 4.60. The molecular weight excluding hydrogens is 190 g/mol. The molecule has 84 valence electrons. The van der Waals surface area contributed by atoms with Gasteiger partial charge in [-0.1, -0.05) is 0 Å². The summed E-state index contributed by atoms with van der Waals surface area (Å²) >= 11 is 0. The van der Waals surface area contributed by atoms with Crippen molar-refractivity contribution < 1.29 is 9.15 Å². The van der Waals surface area contributed by atoms with Crippen molar-refractivity contribution in [3.05, 3.63) is 23.7 Å². The maximum Gasteiger partial charge on any atom is 0.129 e. The normalized spacial score (nSPS) is 18.0. The number of hydrogen-bond donors (Lipinski definition) is 1. The lowest BCUT2D eigenvalue weighted by atomic mass is 10.2. The van der Waals surface area contributed by atoms with Gasteiger partial charge < -0.3 is 14.5 Å². The molecule has 0 aromatic carbocycles. The highest BCUT2D eigenvalue weighted by atomic mass is 16.5. The van der Waals surface area contributed by atoms with Crippen molar-refractivity contribution >= 4 is 0 Å². The maximum atomic E-state index is 5.59. The molecule has 1 atom stereocenters. The Labute approximate surface area is 90.8 Å². The van der Waals surface area contributed by atoms with Gasteiger partial charge in [0.05, 0.1) is 6.54 Å². The van der Waals surface area contributed by atoms with Crippen LogP contribution in [0.3, 0.4) is 0 Å². The molecule has 15 heavy (non-hydrogen) atoms. The summed E-state index contributed by atoms with van der Waals surface area (Å²) in [5.41, 5.74) is 0. The van der Waals surface area contributed by atoms with Gasteiger partial charge in [-0.25, -0.2) is 0 Å². The number of rotatable bonds is 6. The van der Waals surface area contributed by atoms with Crippen LogP contribution in [0.5, 0.6) is 0 Å². The van der Waals surface area contributed by atoms with Gasteiger partial charge in [-0.05, 0) is 37.8 Å². The van der Waals surface area contributed by atoms with Crippen LogP contribution in [0, 0.1) is 5.92 Å². The lowest BCUT2D eigenvalue weighted by Crippen LogP contribution is -2.26. The first-order chi connectivity index (χ1) is 7.29. The molecule has 0 bridgehead atoms. The summed E-state index contributed by atoms with van der Waals surface area (Å²) in [4.78, 5) is 0. The van der Waals surface area contributed by atoms with Crippen molar-refractivity contribution in [2.45, 2.75) is 39.0 Å². The summed E-state index contributed by atoms with van der Waals surface area (Å²) in [6.45, 7) is 3.62. The van der Waals surface area contributed by atoms with Crippen molar-refractivity contribution in [1.82, 2.24) is 5.32 Å². The number of methoxy groups -OCH3 is 1. The third-order valence-corrected chi connectivity index (χ3v) is 2.93. The van der Waals surface area contributed by atoms with Gasteiger partial charge in [0.25, 0.3) is 0 Å². The molecule has 1 fully saturated rings. The molecule has 1 heterocycles. The minimum atomic E-state index is 0.554. The highest BCUT2D eigenvalue weighted by Crippen LogP contribution is 2.32. The zero-order valence-corrected chi connectivity index (χ0v) is 9.45. The van der Waals surface area contributed by atoms with Gasteiger partial charge in [0.15, 0.2) is 0 Å². The van der Waals surface area contributed by atoms with Crippen LogP contribution in [0.1, 0.15) is 31.3 Å². The molecule has 3 heteroatoms. The third-order valence-electron chi connectivity index (χ3n) is 2.93. The van der Waals surface area contributed by atoms with Crippen molar-refractivity contribution in [2.24, 2.45) is 5.92 Å². The van der Waals surface area contributed by atoms with Crippen molar-refractivity contribution in [3.63, 3.8) is 0 Å². The molecule has 3 nitrogen and oxygen atoms in total. The van der Waals surface area contributed by atoms with Gasteiger partial charge in [-0.2, -0.15) is 0 Å². The van der Waals surface area contributed by atoms with E-state index in [9.17, 15) is 0 Å². The topological polar surface area (TPSA) is 34.4 Å². The fourth-order valence-corrected chi connectivity index (χ4v) is 1.76. The number of nitrogens with one attached hydrogen (secondary N) is 1. The van der Waals surface area contributed by atoms with E-state index < -0.39 is 0 Å². The molecule has 1 aromatic heterocycles. The average Bonchev–Trinajstić information content (AvgIpc) is 2.98. The predicted molar refractivity (Wildman–Crippen MR) is 58.4 cm³/mol. The summed E-state index contributed by atoms with van der Waals surface area (Å²) in [5, 5.41) is 3.48. The summed E-state index contributed by atoms with van der Waals surface area (Å²) in [5.74, 6) is 2.78. The molecular formula is C12H19NO2. The minimum absolute atomic E-state index is 0.554. The summed E-state index contributed by atoms with van der Waals surface area (Å²) in [6.07, 6.45) is 2.75. The second kappa shape index (κ2) is 4.81. The molecule has 1 aliphatic carbocycles. The van der Waals surface area contributed by atoms with Gasteiger partial charge in [0.2, 0.25) is 0 Å². The van der Waals surface area contributed by atoms with E-state index in [0.717, 1.165) is 24.0 Å². The molecule has 2 rings (SSSR count). The van der Waals surface area contributed by atoms with E-state index in [2.05, 4.69) is 12.2 Å². The van der Waals surface area contributed by atoms with Crippen LogP contribution in [0.4, 0.5) is 0 Å². The molecule has 0 radical (unpaired) electrons. The van der Waals surface area contributed by atoms with E-state index >= 15 is 0 Å². The zero-order valence-electron chi connectivity index (χ0n) is 9.45. The monoisotopic (exact) mass is 209 g/mol. The number of hydrogen-bond acceptors (Lipinski definition) is 3. The van der Waals surface area contributed by atoms with E-state index in [-0.39, 0.29) is 0 Å². The van der Waals surface area contributed by atoms with Gasteiger partial charge in [-0.3, -0.25) is 0 Å². The molecule has 0 aliphatic heterocycles. The van der Waals surface area contributed by atoms with Crippen LogP contribution in [0.15, 0.2) is 16.5 Å². The first-order valence-electron chi connectivity index (χ1n) is 5.59. The largest absolute Gasteiger partial charge is 0.462 e. The van der Waals surface area contributed by atoms with Crippen LogP contribution in [0.25, 0.3) is 0 Å². The first kappa shape index (κ1) is 10.7. The molecule has 0 saturated heterocycles. The molecule has 1 aromatic rings. The molecule has 1 unspecified atom stereocenters. The molecule has 1 aliphatic rings. The Bertz CT molecular complexity index is 304. The Balaban J connectivity index is 1.76. The Hall–Kier alpha value is -0.800. The quantitative estimate of drug-likeness (QED) is 0.780. The molecule has 1 N–H and O–H groups in total. The SMILES string of the molecule is COCc1ccc(CNC(C)C2CC2)o1. The standard InChI is InChI=1S/C12H19NO2/c1-9(10-3-4-10)13-7-11-5-6-12(15-11)8-14-2/h5-6,9-10,13H,3-4,7-8H2,1-2H3. The van der Waals surface area contributed by atoms with Crippen LogP contribution in [0.2, 0.25) is 0 Å². The van der Waals surface area contributed by atoms with E-state index in [1.165, 1.54) is 12.8 Å². The van der Waals surface area contributed by atoms with E-state index in [0.29, 0.717) is 12.6 Å². The highest BCUT2D eigenvalue weighted by molar-refractivity contribution is 5.06. The van der Waals surface area contributed by atoms with Gasteiger partial charge in [0, 0.05) is 13.2 Å². The van der Waals surface area contributed by atoms with Crippen molar-refractivity contribution in [3.8, 4) is 0 Å². The van der Waals surface area contributed by atoms with Crippen LogP contribution >= 0.6 is 0 Å². The Morgan fingerprint density at radius 2 is 2.20 bits per heavy atom. The second-order valence-electron chi connectivity index (χ2n) is 4.31. The predicted octanol–water partition coefficient (Wildman–Crippen LogP) is 2.31. The fraction of sp³-hybridized carbons (Fsp3) is 0.667. The second-order valence-corrected chi connectivity index (χ2v) is 4.31. The maximum absolute atomic E-state index is 5.59. The Kier molecular flexibility index (Phi) is 3.44. The number of ether oxygens (including phenoxy) is 1. The molecule has 0 amide bonds. The number of furan rings is 1. The van der Waals surface area contributed by atoms with Crippen LogP contribution in [-0.4, -0.2) is 13.2 Å². The molecule has 1 saturated carbocycles. The van der Waals surface area contributed by atoms with Crippen LogP contribution < -0.4 is 5.32 Å². The van der Waals surface area contributed by atoms with E-state index in [1.807, 2.05) is 12.1 Å². The molecule has 0 spiro atoms. The zero-order chi connectivity index (χ0) is 10.7. The van der Waals surface area contributed by atoms with Gasteiger partial charge >= 0.3 is 0 Å². The average molecular weight is 209 g/mol. The minimum Gasteiger partial charge on any atom is -0.462 e. The van der Waals surface area contributed by atoms with Crippen molar-refractivity contribution in [1.29, 1.82) is 0 Å². The van der Waals surface area contributed by atoms with Crippen molar-refractivity contribution in [2.75, 3.05) is 7.11 Å². The van der Waals surface area contributed by atoms with Crippen LogP contribution in [-0.2, 0) is 17.9 Å². The van der Waals surface area contributed by atoms with Gasteiger partial charge in [0.1, 0.15) is 18.1 Å². The van der Waals surface area contributed by atoms with E-state index in [4.69, 9.17) is 9.15 Å². The lowest BCUT2D eigenvalue weighted by molar-refractivity contribution is 0.162. The highest BCUT2D eigenvalue weighted by Gasteiger charge is 2.27.